The third-order valence-corrected chi connectivity index (χ3v) is 5.14. The highest BCUT2D eigenvalue weighted by atomic mass is 19.3. The summed E-state index contributed by atoms with van der Waals surface area (Å²) < 4.78 is 78.3. The summed E-state index contributed by atoms with van der Waals surface area (Å²) in [6.07, 6.45) is 1.64. The number of hydrogen-bond donors (Lipinski definition) is 3. The smallest absolute Gasteiger partial charge is 0.323 e. The Hall–Kier alpha value is -4.28. The summed E-state index contributed by atoms with van der Waals surface area (Å²) in [5.74, 6) is 3.03. The fourth-order valence-electron chi connectivity index (χ4n) is 3.34. The Morgan fingerprint density at radius 3 is 2.44 bits per heavy atom. The van der Waals surface area contributed by atoms with Crippen molar-refractivity contribution in [2.45, 2.75) is 18.1 Å². The minimum Gasteiger partial charge on any atom is -0.487 e. The van der Waals surface area contributed by atoms with E-state index in [4.69, 9.17) is 21.7 Å². The summed E-state index contributed by atoms with van der Waals surface area (Å²) in [6.45, 7) is -1.27. The summed E-state index contributed by atoms with van der Waals surface area (Å²) in [7, 11) is 0. The molecule has 5 N–H and O–H groups in total. The molecule has 1 aromatic heterocycles. The SMILES string of the molecule is N#Cc1ccc(COc2ccc(C(F)(F)C(O)(CN(N)/C=N\N)c3ccc(F)cc3F)nc2)cc1F. The van der Waals surface area contributed by atoms with E-state index in [0.29, 0.717) is 28.8 Å². The monoisotopic (exact) mass is 506 g/mol. The number of aromatic nitrogens is 1. The van der Waals surface area contributed by atoms with Gasteiger partial charge >= 0.3 is 5.92 Å². The molecule has 0 saturated carbocycles. The number of hydrogen-bond acceptors (Lipinski definition) is 7. The average Bonchev–Trinajstić information content (AvgIpc) is 2.83. The summed E-state index contributed by atoms with van der Waals surface area (Å²) >= 11 is 0. The van der Waals surface area contributed by atoms with Crippen LogP contribution in [0.4, 0.5) is 22.0 Å². The van der Waals surface area contributed by atoms with E-state index in [9.17, 15) is 18.3 Å². The number of nitrogens with two attached hydrogens (primary N) is 2. The number of nitriles is 1. The molecule has 8 nitrogen and oxygen atoms in total. The van der Waals surface area contributed by atoms with E-state index in [0.717, 1.165) is 30.7 Å². The highest BCUT2D eigenvalue weighted by Crippen LogP contribution is 2.46. The third kappa shape index (κ3) is 5.35. The Morgan fingerprint density at radius 1 is 1.11 bits per heavy atom. The zero-order valence-electron chi connectivity index (χ0n) is 18.4. The van der Waals surface area contributed by atoms with Crippen LogP contribution in [0.3, 0.4) is 0 Å². The van der Waals surface area contributed by atoms with E-state index < -0.39 is 46.8 Å². The lowest BCUT2D eigenvalue weighted by Crippen LogP contribution is -2.53. The number of alkyl halides is 2. The number of pyridine rings is 1. The van der Waals surface area contributed by atoms with Crippen LogP contribution in [-0.4, -0.2) is 28.0 Å². The van der Waals surface area contributed by atoms with E-state index >= 15 is 8.78 Å². The normalized spacial score (nSPS) is 13.3. The summed E-state index contributed by atoms with van der Waals surface area (Å²) in [5.41, 5.74) is -5.04. The Labute approximate surface area is 201 Å². The maximum absolute atomic E-state index is 15.6. The molecule has 0 fully saturated rings. The number of nitrogens with zero attached hydrogens (tertiary/aromatic N) is 4. The molecule has 188 valence electrons. The molecule has 1 unspecified atom stereocenters. The van der Waals surface area contributed by atoms with Gasteiger partial charge < -0.3 is 15.7 Å². The molecule has 3 rings (SSSR count). The zero-order chi connectivity index (χ0) is 26.5. The van der Waals surface area contributed by atoms with E-state index in [-0.39, 0.29) is 17.9 Å². The predicted molar refractivity (Wildman–Crippen MR) is 117 cm³/mol. The van der Waals surface area contributed by atoms with Gasteiger partial charge in [-0.25, -0.2) is 19.0 Å². The van der Waals surface area contributed by atoms with Crippen molar-refractivity contribution in [1.82, 2.24) is 9.99 Å². The number of aliphatic hydroxyl groups is 1. The first-order valence-corrected chi connectivity index (χ1v) is 10.1. The van der Waals surface area contributed by atoms with E-state index in [1.54, 1.807) is 6.07 Å². The van der Waals surface area contributed by atoms with Gasteiger partial charge in [-0.05, 0) is 42.0 Å². The Balaban J connectivity index is 1.89. The van der Waals surface area contributed by atoms with Crippen LogP contribution < -0.4 is 16.4 Å². The Kier molecular flexibility index (Phi) is 7.71. The van der Waals surface area contributed by atoms with Crippen LogP contribution in [0.1, 0.15) is 22.4 Å². The highest BCUT2D eigenvalue weighted by molar-refractivity contribution is 5.53. The highest BCUT2D eigenvalue weighted by Gasteiger charge is 2.58. The van der Waals surface area contributed by atoms with Gasteiger partial charge in [-0.1, -0.05) is 6.07 Å². The van der Waals surface area contributed by atoms with Crippen LogP contribution in [-0.2, 0) is 18.1 Å². The van der Waals surface area contributed by atoms with Crippen molar-refractivity contribution in [1.29, 1.82) is 5.26 Å². The van der Waals surface area contributed by atoms with Crippen molar-refractivity contribution in [3.05, 3.63) is 94.6 Å². The first kappa shape index (κ1) is 26.3. The van der Waals surface area contributed by atoms with E-state index in [1.807, 2.05) is 0 Å². The molecule has 0 bridgehead atoms. The van der Waals surface area contributed by atoms with Crippen LogP contribution in [0.5, 0.6) is 5.75 Å². The van der Waals surface area contributed by atoms with Gasteiger partial charge in [-0.3, -0.25) is 9.99 Å². The lowest BCUT2D eigenvalue weighted by Gasteiger charge is -2.37. The van der Waals surface area contributed by atoms with Crippen molar-refractivity contribution in [2.24, 2.45) is 16.8 Å². The van der Waals surface area contributed by atoms with Crippen LogP contribution in [0.25, 0.3) is 0 Å². The predicted octanol–water partition coefficient (Wildman–Crippen LogP) is 3.01. The first-order valence-electron chi connectivity index (χ1n) is 10.1. The number of hydrazine groups is 1. The van der Waals surface area contributed by atoms with Crippen molar-refractivity contribution < 1.29 is 31.8 Å². The molecule has 3 aromatic rings. The fourth-order valence-corrected chi connectivity index (χ4v) is 3.34. The molecule has 0 radical (unpaired) electrons. The Morgan fingerprint density at radius 2 is 1.86 bits per heavy atom. The minimum absolute atomic E-state index is 0.0199. The molecule has 0 amide bonds. The van der Waals surface area contributed by atoms with Gasteiger partial charge in [0.1, 0.15) is 47.9 Å². The third-order valence-electron chi connectivity index (χ3n) is 5.14. The van der Waals surface area contributed by atoms with Crippen LogP contribution in [0.15, 0.2) is 59.8 Å². The minimum atomic E-state index is -4.26. The van der Waals surface area contributed by atoms with Crippen LogP contribution >= 0.6 is 0 Å². The molecule has 0 aliphatic rings. The lowest BCUT2D eigenvalue weighted by molar-refractivity contribution is -0.203. The maximum Gasteiger partial charge on any atom is 0.323 e. The zero-order valence-corrected chi connectivity index (χ0v) is 18.4. The fraction of sp³-hybridized carbons (Fsp3) is 0.174. The van der Waals surface area contributed by atoms with Gasteiger partial charge in [-0.2, -0.15) is 19.1 Å². The molecule has 0 aliphatic heterocycles. The Bertz CT molecular complexity index is 1300. The number of ether oxygens (including phenoxy) is 1. The first-order chi connectivity index (χ1) is 17.0. The van der Waals surface area contributed by atoms with E-state index in [2.05, 4.69) is 10.1 Å². The molecule has 1 heterocycles. The van der Waals surface area contributed by atoms with Gasteiger partial charge in [0.15, 0.2) is 5.60 Å². The molecule has 0 saturated heterocycles. The lowest BCUT2D eigenvalue weighted by atomic mass is 9.84. The maximum atomic E-state index is 15.6. The number of halogens is 5. The van der Waals surface area contributed by atoms with E-state index in [1.165, 1.54) is 12.1 Å². The van der Waals surface area contributed by atoms with Crippen LogP contribution in [0, 0.1) is 28.8 Å². The van der Waals surface area contributed by atoms with Gasteiger partial charge in [0.2, 0.25) is 0 Å². The summed E-state index contributed by atoms with van der Waals surface area (Å²) in [5, 5.41) is 23.4. The molecular formula is C23H19F5N6O2. The second-order valence-electron chi connectivity index (χ2n) is 7.59. The van der Waals surface area contributed by atoms with Crippen LogP contribution in [0.2, 0.25) is 0 Å². The molecule has 2 aromatic carbocycles. The van der Waals surface area contributed by atoms with Crippen molar-refractivity contribution >= 4 is 6.34 Å². The van der Waals surface area contributed by atoms with Crippen molar-refractivity contribution in [2.75, 3.05) is 6.54 Å². The topological polar surface area (TPSA) is 134 Å². The largest absolute Gasteiger partial charge is 0.487 e. The second-order valence-corrected chi connectivity index (χ2v) is 7.59. The van der Waals surface area contributed by atoms with Gasteiger partial charge in [0.25, 0.3) is 0 Å². The average molecular weight is 506 g/mol. The molecule has 36 heavy (non-hydrogen) atoms. The quantitative estimate of drug-likeness (QED) is 0.134. The molecule has 1 atom stereocenters. The number of hydrazone groups is 1. The van der Waals surface area contributed by atoms with Crippen molar-refractivity contribution in [3.8, 4) is 11.8 Å². The molecule has 0 aliphatic carbocycles. The summed E-state index contributed by atoms with van der Waals surface area (Å²) in [6, 6.07) is 9.15. The number of benzene rings is 2. The van der Waals surface area contributed by atoms with Gasteiger partial charge in [0, 0.05) is 11.6 Å². The van der Waals surface area contributed by atoms with Gasteiger partial charge in [0.05, 0.1) is 18.3 Å². The second kappa shape index (κ2) is 10.5. The molecule has 13 heteroatoms. The number of rotatable bonds is 9. The summed E-state index contributed by atoms with van der Waals surface area (Å²) in [4.78, 5) is 3.63. The van der Waals surface area contributed by atoms with Crippen molar-refractivity contribution in [3.63, 3.8) is 0 Å². The molecular weight excluding hydrogens is 487 g/mol. The standard InChI is InChI=1S/C23H19F5N6O2/c24-16-3-5-18(20(26)8-16)22(35,12-34(31)13-33-30)23(27,28)21-6-4-17(10-32-21)36-11-14-1-2-15(9-29)19(25)7-14/h1-8,10,13,35H,11-12,30-31H2/b33-13-. The molecule has 0 spiro atoms. The van der Waals surface area contributed by atoms with Gasteiger partial charge in [-0.15, -0.1) is 0 Å².